The first kappa shape index (κ1) is 8.48. The van der Waals surface area contributed by atoms with E-state index >= 15 is 0 Å². The molecule has 0 saturated heterocycles. The highest BCUT2D eigenvalue weighted by Gasteiger charge is 2.00. The van der Waals surface area contributed by atoms with Crippen LogP contribution in [-0.4, -0.2) is 30.7 Å². The highest BCUT2D eigenvalue weighted by molar-refractivity contribution is 14.1. The first-order valence-corrected chi connectivity index (χ1v) is 6.28. The summed E-state index contributed by atoms with van der Waals surface area (Å²) < 4.78 is 3.14. The van der Waals surface area contributed by atoms with Gasteiger partial charge in [-0.25, -0.2) is 9.97 Å². The molecule has 2 aromatic rings. The van der Waals surface area contributed by atoms with Gasteiger partial charge in [-0.05, 0) is 28.2 Å². The molecule has 0 aliphatic carbocycles. The fourth-order valence-electron chi connectivity index (χ4n) is 1.07. The molecule has 0 aliphatic heterocycles. The predicted octanol–water partition coefficient (Wildman–Crippen LogP) is 0.467. The predicted molar refractivity (Wildman–Crippen MR) is 58.0 cm³/mol. The van der Waals surface area contributed by atoms with E-state index in [1.54, 1.807) is 0 Å². The van der Waals surface area contributed by atoms with Crippen LogP contribution in [-0.2, 0) is 5.28 Å². The fraction of sp³-hybridized carbons (Fsp3) is 0.143. The average Bonchev–Trinajstić information content (AvgIpc) is 2.47. The van der Waals surface area contributed by atoms with E-state index in [0.717, 1.165) is 14.8 Å². The van der Waals surface area contributed by atoms with Crippen molar-refractivity contribution in [1.82, 2.24) is 14.4 Å². The molecule has 5 heteroatoms. The van der Waals surface area contributed by atoms with Crippen LogP contribution in [0.25, 0.3) is 5.78 Å². The van der Waals surface area contributed by atoms with Gasteiger partial charge in [0.2, 0.25) is 22.1 Å². The van der Waals surface area contributed by atoms with Crippen molar-refractivity contribution in [3.8, 4) is 0 Å². The van der Waals surface area contributed by atoms with Crippen LogP contribution >= 0.6 is 22.6 Å². The van der Waals surface area contributed by atoms with Crippen molar-refractivity contribution in [2.24, 2.45) is 0 Å². The molecule has 2 heterocycles. The zero-order chi connectivity index (χ0) is 8.55. The summed E-state index contributed by atoms with van der Waals surface area (Å²) in [5.74, 6) is 0.790. The van der Waals surface area contributed by atoms with Crippen molar-refractivity contribution in [1.29, 1.82) is 0 Å². The highest BCUT2D eigenvalue weighted by Crippen LogP contribution is 2.08. The molecule has 0 saturated carbocycles. The molecular weight excluding hydrogens is 280 g/mol. The van der Waals surface area contributed by atoms with Gasteiger partial charge < -0.3 is 0 Å². The fourth-order valence-corrected chi connectivity index (χ4v) is 1.93. The molecule has 0 fully saturated rings. The Labute approximate surface area is 91.8 Å². The van der Waals surface area contributed by atoms with Crippen molar-refractivity contribution in [3.63, 3.8) is 0 Å². The van der Waals surface area contributed by atoms with E-state index in [1.807, 2.05) is 16.8 Å². The summed E-state index contributed by atoms with van der Waals surface area (Å²) >= 11 is 3.44. The Bertz CT molecular complexity index is 412. The third-order valence-electron chi connectivity index (χ3n) is 1.78. The SMILES string of the molecule is [AlH2][CH2]c1cnc2ncc(I)n2c1. The molecule has 0 amide bonds. The number of fused-ring (bicyclic) bond motifs is 1. The summed E-state index contributed by atoms with van der Waals surface area (Å²) in [5.41, 5.74) is 1.30. The second-order valence-electron chi connectivity index (χ2n) is 2.57. The van der Waals surface area contributed by atoms with Crippen molar-refractivity contribution in [3.05, 3.63) is 27.9 Å². The smallest absolute Gasteiger partial charge is 0.234 e. The summed E-state index contributed by atoms with van der Waals surface area (Å²) in [6.07, 6.45) is 5.86. The van der Waals surface area contributed by atoms with Crippen molar-refractivity contribution < 1.29 is 0 Å². The quantitative estimate of drug-likeness (QED) is 0.564. The standard InChI is InChI=1S/C7H5IN3.Al.2H/c1-5-2-9-7-10-3-6(8)11(7)4-5;;;/h2-4H,1H2;;;. The van der Waals surface area contributed by atoms with Crippen LogP contribution < -0.4 is 0 Å². The summed E-state index contributed by atoms with van der Waals surface area (Å²) in [4.78, 5) is 8.39. The first-order chi connectivity index (χ1) is 5.81. The van der Waals surface area contributed by atoms with E-state index in [9.17, 15) is 0 Å². The van der Waals surface area contributed by atoms with Crippen molar-refractivity contribution in [2.45, 2.75) is 5.28 Å². The zero-order valence-corrected chi connectivity index (χ0v) is 10.8. The van der Waals surface area contributed by atoms with E-state index < -0.39 is 0 Å². The zero-order valence-electron chi connectivity index (χ0n) is 6.66. The number of imidazole rings is 1. The monoisotopic (exact) mass is 287 g/mol. The Morgan fingerprint density at radius 1 is 1.42 bits per heavy atom. The highest BCUT2D eigenvalue weighted by atomic mass is 127. The van der Waals surface area contributed by atoms with Crippen LogP contribution in [0.4, 0.5) is 0 Å². The largest absolute Gasteiger partial charge is 0.279 e. The molecule has 0 unspecified atom stereocenters. The maximum atomic E-state index is 4.24. The van der Waals surface area contributed by atoms with Gasteiger partial charge in [0, 0.05) is 12.4 Å². The molecule has 0 bridgehead atoms. The Morgan fingerprint density at radius 2 is 2.17 bits per heavy atom. The van der Waals surface area contributed by atoms with Gasteiger partial charge in [-0.2, -0.15) is 0 Å². The average molecular weight is 287 g/mol. The minimum absolute atomic E-state index is 0.790. The van der Waals surface area contributed by atoms with Gasteiger partial charge in [0.1, 0.15) is 3.70 Å². The summed E-state index contributed by atoms with van der Waals surface area (Å²) in [7, 11) is 0. The second kappa shape index (κ2) is 3.32. The Balaban J connectivity index is 2.71. The second-order valence-corrected chi connectivity index (χ2v) is 4.38. The van der Waals surface area contributed by atoms with Gasteiger partial charge in [-0.15, -0.1) is 0 Å². The molecule has 3 nitrogen and oxygen atoms in total. The lowest BCUT2D eigenvalue weighted by molar-refractivity contribution is 1.05. The molecule has 0 aromatic carbocycles. The van der Waals surface area contributed by atoms with E-state index in [0.29, 0.717) is 0 Å². The Morgan fingerprint density at radius 3 is 2.92 bits per heavy atom. The lowest BCUT2D eigenvalue weighted by Crippen LogP contribution is -1.94. The Kier molecular flexibility index (Phi) is 2.35. The molecule has 2 aromatic heterocycles. The number of aromatic nitrogens is 3. The van der Waals surface area contributed by atoms with Crippen LogP contribution in [0.5, 0.6) is 0 Å². The molecule has 0 aliphatic rings. The first-order valence-electron chi connectivity index (χ1n) is 3.78. The van der Waals surface area contributed by atoms with Crippen LogP contribution in [0.15, 0.2) is 18.6 Å². The number of nitrogens with zero attached hydrogens (tertiary/aromatic N) is 3. The lowest BCUT2D eigenvalue weighted by atomic mass is 10.4. The molecule has 12 heavy (non-hydrogen) atoms. The number of hydrogen-bond acceptors (Lipinski definition) is 2. The summed E-state index contributed by atoms with van der Waals surface area (Å²) in [6, 6.07) is 0. The summed E-state index contributed by atoms with van der Waals surface area (Å²) in [6.45, 7) is 0. The maximum absolute atomic E-state index is 4.24. The van der Waals surface area contributed by atoms with Crippen LogP contribution in [0.3, 0.4) is 0 Å². The number of halogens is 1. The van der Waals surface area contributed by atoms with Gasteiger partial charge in [-0.1, -0.05) is 5.28 Å². The maximum Gasteiger partial charge on any atom is 0.234 e. The number of hydrogen-bond donors (Lipinski definition) is 0. The minimum Gasteiger partial charge on any atom is -0.279 e. The van der Waals surface area contributed by atoms with Gasteiger partial charge in [0.15, 0.2) is 0 Å². The summed E-state index contributed by atoms with van der Waals surface area (Å²) in [5, 5.41) is 1.15. The molecule has 60 valence electrons. The van der Waals surface area contributed by atoms with Gasteiger partial charge in [-0.3, -0.25) is 4.40 Å². The molecule has 0 atom stereocenters. The third-order valence-corrected chi connectivity index (χ3v) is 3.40. The molecular formula is C7H7AlIN3. The van der Waals surface area contributed by atoms with E-state index in [2.05, 4.69) is 38.8 Å². The van der Waals surface area contributed by atoms with Gasteiger partial charge in [0.25, 0.3) is 0 Å². The van der Waals surface area contributed by atoms with Crippen LogP contribution in [0.2, 0.25) is 0 Å². The van der Waals surface area contributed by atoms with Crippen molar-refractivity contribution >= 4 is 44.7 Å². The normalized spacial score (nSPS) is 10.8. The number of rotatable bonds is 1. The van der Waals surface area contributed by atoms with E-state index in [-0.39, 0.29) is 0 Å². The van der Waals surface area contributed by atoms with E-state index in [1.165, 1.54) is 21.9 Å². The van der Waals surface area contributed by atoms with Crippen molar-refractivity contribution in [2.75, 3.05) is 0 Å². The third kappa shape index (κ3) is 1.37. The van der Waals surface area contributed by atoms with Gasteiger partial charge >= 0.3 is 0 Å². The van der Waals surface area contributed by atoms with Crippen LogP contribution in [0.1, 0.15) is 5.56 Å². The molecule has 0 radical (unpaired) electrons. The molecule has 0 spiro atoms. The molecule has 2 rings (SSSR count). The van der Waals surface area contributed by atoms with Crippen LogP contribution in [0, 0.1) is 3.70 Å². The van der Waals surface area contributed by atoms with E-state index in [4.69, 9.17) is 0 Å². The Hall–Kier alpha value is -0.118. The molecule has 0 N–H and O–H groups in total. The topological polar surface area (TPSA) is 30.2 Å². The van der Waals surface area contributed by atoms with Gasteiger partial charge in [0.05, 0.1) is 6.20 Å². The minimum atomic E-state index is 0.790. The lowest BCUT2D eigenvalue weighted by Gasteiger charge is -1.97.